The van der Waals surface area contributed by atoms with Crippen molar-refractivity contribution in [2.75, 3.05) is 25.4 Å². The van der Waals surface area contributed by atoms with Gasteiger partial charge < -0.3 is 46.0 Å². The molecule has 1 rings (SSSR count). The van der Waals surface area contributed by atoms with Crippen molar-refractivity contribution in [3.63, 3.8) is 0 Å². The van der Waals surface area contributed by atoms with Crippen LogP contribution < -0.4 is 16.0 Å². The summed E-state index contributed by atoms with van der Waals surface area (Å²) in [6.07, 6.45) is -5.69. The summed E-state index contributed by atoms with van der Waals surface area (Å²) in [5.41, 5.74) is 0. The Labute approximate surface area is 182 Å². The van der Waals surface area contributed by atoms with Gasteiger partial charge in [-0.1, -0.05) is 0 Å². The Balaban J connectivity index is 2.57. The molecule has 1 aliphatic heterocycles. The molecule has 1 saturated heterocycles. The number of rotatable bonds is 12. The molecule has 6 atom stereocenters. The molecule has 14 nitrogen and oxygen atoms in total. The number of ether oxygens (including phenoxy) is 1. The Hall–Kier alpha value is -2.01. The molecular formula is C16H27N3O11S. The van der Waals surface area contributed by atoms with Crippen LogP contribution in [0.5, 0.6) is 0 Å². The summed E-state index contributed by atoms with van der Waals surface area (Å²) in [6.45, 7) is -1.77. The largest absolute Gasteiger partial charge is 0.480 e. The number of carboxylic acid groups (broad SMARTS) is 2. The summed E-state index contributed by atoms with van der Waals surface area (Å²) in [5.74, 6) is -6.63. The van der Waals surface area contributed by atoms with Crippen molar-refractivity contribution in [2.24, 2.45) is 0 Å². The minimum absolute atomic E-state index is 0.131. The molecule has 0 spiro atoms. The topological polar surface area (TPSA) is 235 Å². The van der Waals surface area contributed by atoms with Gasteiger partial charge in [-0.3, -0.25) is 24.5 Å². The highest BCUT2D eigenvalue weighted by molar-refractivity contribution is 7.80. The van der Waals surface area contributed by atoms with Crippen molar-refractivity contribution in [2.45, 2.75) is 49.0 Å². The predicted octanol–water partition coefficient (Wildman–Crippen LogP) is -4.77. The van der Waals surface area contributed by atoms with Crippen LogP contribution >= 0.6 is 12.6 Å². The van der Waals surface area contributed by atoms with Gasteiger partial charge in [0.15, 0.2) is 0 Å². The third kappa shape index (κ3) is 8.21. The first kappa shape index (κ1) is 27.0. The van der Waals surface area contributed by atoms with E-state index >= 15 is 0 Å². The number of carbonyl (C=O) groups excluding carboxylic acids is 2. The van der Waals surface area contributed by atoms with Gasteiger partial charge >= 0.3 is 11.9 Å². The van der Waals surface area contributed by atoms with Crippen molar-refractivity contribution >= 4 is 36.4 Å². The maximum atomic E-state index is 12.0. The highest BCUT2D eigenvalue weighted by Crippen LogP contribution is 2.23. The lowest BCUT2D eigenvalue weighted by Crippen LogP contribution is -2.65. The molecule has 15 heteroatoms. The van der Waals surface area contributed by atoms with Crippen LogP contribution in [-0.4, -0.2) is 116 Å². The maximum absolute atomic E-state index is 12.0. The molecule has 1 aliphatic rings. The fourth-order valence-corrected chi connectivity index (χ4v) is 2.91. The van der Waals surface area contributed by atoms with E-state index in [9.17, 15) is 44.7 Å². The van der Waals surface area contributed by atoms with E-state index in [0.717, 1.165) is 0 Å². The molecular weight excluding hydrogens is 442 g/mol. The third-order valence-electron chi connectivity index (χ3n) is 4.49. The van der Waals surface area contributed by atoms with E-state index in [-0.39, 0.29) is 18.6 Å². The average molecular weight is 469 g/mol. The minimum atomic E-state index is -2.37. The number of aliphatic hydroxyl groups excluding tert-OH is 3. The number of carbonyl (C=O) groups is 4. The first-order valence-electron chi connectivity index (χ1n) is 9.17. The lowest BCUT2D eigenvalue weighted by Gasteiger charge is -2.42. The zero-order valence-electron chi connectivity index (χ0n) is 16.3. The van der Waals surface area contributed by atoms with Crippen LogP contribution in [0.15, 0.2) is 0 Å². The van der Waals surface area contributed by atoms with Crippen LogP contribution in [0.3, 0.4) is 0 Å². The number of thiol groups is 1. The van der Waals surface area contributed by atoms with Crippen molar-refractivity contribution in [1.29, 1.82) is 0 Å². The van der Waals surface area contributed by atoms with Crippen LogP contribution in [0.4, 0.5) is 0 Å². The van der Waals surface area contributed by atoms with Crippen LogP contribution in [0.25, 0.3) is 0 Å². The molecule has 0 aromatic rings. The number of aliphatic hydroxyl groups is 4. The molecule has 0 unspecified atom stereocenters. The molecule has 0 aromatic carbocycles. The number of hydrogen-bond donors (Lipinski definition) is 10. The molecule has 0 aliphatic carbocycles. The molecule has 1 heterocycles. The Bertz CT molecular complexity index is 667. The smallest absolute Gasteiger partial charge is 0.322 e. The fraction of sp³-hybridized carbons (Fsp3) is 0.750. The van der Waals surface area contributed by atoms with Crippen molar-refractivity contribution < 1.29 is 54.6 Å². The van der Waals surface area contributed by atoms with Gasteiger partial charge in [0.25, 0.3) is 0 Å². The lowest BCUT2D eigenvalue weighted by molar-refractivity contribution is -0.318. The van der Waals surface area contributed by atoms with Crippen molar-refractivity contribution in [1.82, 2.24) is 16.0 Å². The predicted molar refractivity (Wildman–Crippen MR) is 104 cm³/mol. The van der Waals surface area contributed by atoms with Crippen LogP contribution in [0.1, 0.15) is 12.8 Å². The molecule has 9 N–H and O–H groups in total. The Morgan fingerprint density at radius 2 is 1.77 bits per heavy atom. The van der Waals surface area contributed by atoms with Crippen LogP contribution in [0.2, 0.25) is 0 Å². The van der Waals surface area contributed by atoms with Gasteiger partial charge in [0.05, 0.1) is 13.2 Å². The van der Waals surface area contributed by atoms with E-state index in [0.29, 0.717) is 0 Å². The molecule has 0 saturated carbocycles. The standard InChI is InChI=1S/C16H27N3O11S/c20-9-4-30-16(29,13(25)12(9)24)6-18-7(15(27)28)1-2-10(21)19-8(5-31)14(26)17-3-11(22)23/h7-9,12-13,18,20,24-25,29,31H,1-6H2,(H,17,26)(H,19,21)(H,22,23)(H,27,28)/t7-,8-,9+,12+,13-,16+/m0/s1. The SMILES string of the molecule is O=C(O)CNC(=O)[C@H](CS)NC(=O)CC[C@H](NC[C@@]1(O)OC[C@@H](O)[C@@H](O)[C@@H]1O)C(=O)O. The van der Waals surface area contributed by atoms with Gasteiger partial charge in [0.2, 0.25) is 17.6 Å². The van der Waals surface area contributed by atoms with Crippen molar-refractivity contribution in [3.8, 4) is 0 Å². The van der Waals surface area contributed by atoms with Gasteiger partial charge in [0, 0.05) is 12.2 Å². The summed E-state index contributed by atoms with van der Waals surface area (Å²) in [7, 11) is 0. The normalized spacial score (nSPS) is 27.7. The summed E-state index contributed by atoms with van der Waals surface area (Å²) >= 11 is 3.91. The molecule has 178 valence electrons. The Morgan fingerprint density at radius 1 is 1.13 bits per heavy atom. The Morgan fingerprint density at radius 3 is 2.32 bits per heavy atom. The van der Waals surface area contributed by atoms with Gasteiger partial charge in [-0.25, -0.2) is 0 Å². The van der Waals surface area contributed by atoms with E-state index in [1.807, 2.05) is 0 Å². The first-order valence-corrected chi connectivity index (χ1v) is 9.81. The minimum Gasteiger partial charge on any atom is -0.480 e. The second-order valence-electron chi connectivity index (χ2n) is 6.88. The lowest BCUT2D eigenvalue weighted by atomic mass is 9.96. The van der Waals surface area contributed by atoms with Gasteiger partial charge in [-0.05, 0) is 6.42 Å². The van der Waals surface area contributed by atoms with Crippen LogP contribution in [-0.2, 0) is 23.9 Å². The van der Waals surface area contributed by atoms with Gasteiger partial charge in [-0.2, -0.15) is 12.6 Å². The number of hydrogen-bond acceptors (Lipinski definition) is 11. The molecule has 1 fully saturated rings. The summed E-state index contributed by atoms with van der Waals surface area (Å²) in [5, 5.41) is 63.8. The number of nitrogens with one attached hydrogen (secondary N) is 3. The first-order chi connectivity index (χ1) is 14.4. The number of amides is 2. The molecule has 31 heavy (non-hydrogen) atoms. The maximum Gasteiger partial charge on any atom is 0.322 e. The highest BCUT2D eigenvalue weighted by Gasteiger charge is 2.48. The van der Waals surface area contributed by atoms with E-state index in [1.165, 1.54) is 0 Å². The molecule has 0 aromatic heterocycles. The van der Waals surface area contributed by atoms with E-state index < -0.39 is 79.6 Å². The second kappa shape index (κ2) is 12.1. The number of carboxylic acids is 2. The van der Waals surface area contributed by atoms with Gasteiger partial charge in [0.1, 0.15) is 36.9 Å². The Kier molecular flexibility index (Phi) is 10.6. The van der Waals surface area contributed by atoms with Crippen LogP contribution in [0, 0.1) is 0 Å². The zero-order chi connectivity index (χ0) is 23.8. The quantitative estimate of drug-likeness (QED) is 0.121. The molecule has 0 radical (unpaired) electrons. The monoisotopic (exact) mass is 469 g/mol. The molecule has 0 bridgehead atoms. The van der Waals surface area contributed by atoms with Crippen molar-refractivity contribution in [3.05, 3.63) is 0 Å². The number of aliphatic carboxylic acids is 2. The third-order valence-corrected chi connectivity index (χ3v) is 4.86. The summed E-state index contributed by atoms with van der Waals surface area (Å²) in [4.78, 5) is 45.8. The van der Waals surface area contributed by atoms with E-state index in [4.69, 9.17) is 9.84 Å². The molecule has 2 amide bonds. The van der Waals surface area contributed by atoms with E-state index in [1.54, 1.807) is 0 Å². The highest BCUT2D eigenvalue weighted by atomic mass is 32.1. The zero-order valence-corrected chi connectivity index (χ0v) is 17.2. The summed E-state index contributed by atoms with van der Waals surface area (Å²) < 4.78 is 4.92. The average Bonchev–Trinajstić information content (AvgIpc) is 2.71. The van der Waals surface area contributed by atoms with Gasteiger partial charge in [-0.15, -0.1) is 0 Å². The second-order valence-corrected chi connectivity index (χ2v) is 7.25. The van der Waals surface area contributed by atoms with E-state index in [2.05, 4.69) is 28.6 Å². The summed E-state index contributed by atoms with van der Waals surface area (Å²) in [6, 6.07) is -2.50. The fourth-order valence-electron chi connectivity index (χ4n) is 2.65.